The lowest BCUT2D eigenvalue weighted by Gasteiger charge is -2.37. The minimum atomic E-state index is -0.477. The number of aryl methyl sites for hydroxylation is 1. The van der Waals surface area contributed by atoms with Crippen LogP contribution in [0.25, 0.3) is 0 Å². The molecule has 2 aliphatic rings. The molecule has 1 aliphatic carbocycles. The first-order valence-corrected chi connectivity index (χ1v) is 12.1. The molecule has 0 saturated carbocycles. The number of hydrogen-bond donors (Lipinski definition) is 1. The molecule has 3 atom stereocenters. The van der Waals surface area contributed by atoms with Crippen molar-refractivity contribution in [3.8, 4) is 5.75 Å². The molecule has 1 amide bonds. The van der Waals surface area contributed by atoms with Crippen molar-refractivity contribution in [1.29, 1.82) is 0 Å². The number of amides is 1. The van der Waals surface area contributed by atoms with Gasteiger partial charge in [-0.05, 0) is 42.3 Å². The molecule has 0 fully saturated rings. The maximum absolute atomic E-state index is 13.9. The van der Waals surface area contributed by atoms with Crippen LogP contribution in [0.15, 0.2) is 84.6 Å². The number of anilines is 2. The summed E-state index contributed by atoms with van der Waals surface area (Å²) in [5.74, 6) is 0.386. The van der Waals surface area contributed by atoms with Crippen LogP contribution in [0.3, 0.4) is 0 Å². The van der Waals surface area contributed by atoms with Crippen LogP contribution < -0.4 is 15.0 Å². The summed E-state index contributed by atoms with van der Waals surface area (Å²) in [7, 11) is 1.65. The Morgan fingerprint density at radius 3 is 2.37 bits per heavy atom. The molecule has 35 heavy (non-hydrogen) atoms. The second-order valence-electron chi connectivity index (χ2n) is 9.26. The Kier molecular flexibility index (Phi) is 6.16. The van der Waals surface area contributed by atoms with Crippen LogP contribution in [0, 0.1) is 12.8 Å². The SMILES string of the molecule is CCC(=O)N1c2ccccc2NC2=CC(c3ccc(OC)cc3)CC(=O)C2C1c1ccc(C)cc1. The molecule has 5 nitrogen and oxygen atoms in total. The van der Waals surface area contributed by atoms with Gasteiger partial charge in [0.15, 0.2) is 0 Å². The van der Waals surface area contributed by atoms with Gasteiger partial charge in [-0.25, -0.2) is 0 Å². The molecule has 0 spiro atoms. The van der Waals surface area contributed by atoms with E-state index in [0.717, 1.165) is 39.5 Å². The van der Waals surface area contributed by atoms with Crippen LogP contribution in [0.4, 0.5) is 11.4 Å². The maximum Gasteiger partial charge on any atom is 0.227 e. The molecule has 1 aliphatic heterocycles. The summed E-state index contributed by atoms with van der Waals surface area (Å²) in [6.07, 6.45) is 2.91. The molecule has 0 radical (unpaired) electrons. The van der Waals surface area contributed by atoms with Gasteiger partial charge in [0.25, 0.3) is 0 Å². The van der Waals surface area contributed by atoms with E-state index in [0.29, 0.717) is 12.8 Å². The normalized spacial score (nSPS) is 21.2. The van der Waals surface area contributed by atoms with Crippen LogP contribution in [0.1, 0.15) is 48.4 Å². The van der Waals surface area contributed by atoms with Crippen molar-refractivity contribution in [2.24, 2.45) is 5.92 Å². The van der Waals surface area contributed by atoms with Crippen molar-refractivity contribution in [3.63, 3.8) is 0 Å². The molecule has 3 aromatic carbocycles. The summed E-state index contributed by atoms with van der Waals surface area (Å²) in [5, 5.41) is 3.56. The Bertz CT molecular complexity index is 1280. The maximum atomic E-state index is 13.9. The third-order valence-corrected chi connectivity index (χ3v) is 7.05. The molecule has 5 heteroatoms. The number of fused-ring (bicyclic) bond motifs is 2. The van der Waals surface area contributed by atoms with E-state index in [4.69, 9.17) is 4.74 Å². The molecule has 0 aromatic heterocycles. The van der Waals surface area contributed by atoms with Crippen LogP contribution in [0.2, 0.25) is 0 Å². The number of para-hydroxylation sites is 2. The standard InChI is InChI=1S/C30H30N2O3/c1-4-28(34)32-26-8-6-5-7-24(26)31-25-17-22(20-13-15-23(35-3)16-14-20)18-27(33)29(25)30(32)21-11-9-19(2)10-12-21/h5-17,22,29-31H,4,18H2,1-3H3. The van der Waals surface area contributed by atoms with Crippen LogP contribution >= 0.6 is 0 Å². The predicted octanol–water partition coefficient (Wildman–Crippen LogP) is 6.17. The largest absolute Gasteiger partial charge is 0.497 e. The van der Waals surface area contributed by atoms with Gasteiger partial charge in [-0.1, -0.05) is 67.1 Å². The number of rotatable bonds is 4. The van der Waals surface area contributed by atoms with Crippen molar-refractivity contribution in [2.75, 3.05) is 17.3 Å². The molecule has 5 rings (SSSR count). The summed E-state index contributed by atoms with van der Waals surface area (Å²) in [5.41, 5.74) is 5.66. The van der Waals surface area contributed by atoms with Crippen LogP contribution in [0.5, 0.6) is 5.75 Å². The molecular formula is C30H30N2O3. The van der Waals surface area contributed by atoms with Crippen LogP contribution in [-0.2, 0) is 9.59 Å². The Labute approximate surface area is 206 Å². The fourth-order valence-electron chi connectivity index (χ4n) is 5.24. The summed E-state index contributed by atoms with van der Waals surface area (Å²) in [6.45, 7) is 3.91. The van der Waals surface area contributed by atoms with Gasteiger partial charge in [0.2, 0.25) is 5.91 Å². The Hall–Kier alpha value is -3.86. The van der Waals surface area contributed by atoms with E-state index >= 15 is 0 Å². The third-order valence-electron chi connectivity index (χ3n) is 7.05. The quantitative estimate of drug-likeness (QED) is 0.500. The highest BCUT2D eigenvalue weighted by atomic mass is 16.5. The smallest absolute Gasteiger partial charge is 0.227 e. The lowest BCUT2D eigenvalue weighted by Crippen LogP contribution is -2.42. The average molecular weight is 467 g/mol. The van der Waals surface area contributed by atoms with Crippen molar-refractivity contribution >= 4 is 23.1 Å². The van der Waals surface area contributed by atoms with Gasteiger partial charge in [-0.15, -0.1) is 0 Å². The van der Waals surface area contributed by atoms with Gasteiger partial charge in [-0.2, -0.15) is 0 Å². The number of methoxy groups -OCH3 is 1. The zero-order valence-corrected chi connectivity index (χ0v) is 20.3. The number of ether oxygens (including phenoxy) is 1. The van der Waals surface area contributed by atoms with Crippen LogP contribution in [-0.4, -0.2) is 18.8 Å². The minimum absolute atomic E-state index is 0.00356. The zero-order valence-electron chi connectivity index (χ0n) is 20.3. The van der Waals surface area contributed by atoms with E-state index in [1.807, 2.05) is 91.5 Å². The van der Waals surface area contributed by atoms with Gasteiger partial charge in [0, 0.05) is 24.5 Å². The number of Topliss-reactive ketones (excluding diaryl/α,β-unsaturated/α-hetero) is 1. The fourth-order valence-corrected chi connectivity index (χ4v) is 5.24. The number of allylic oxidation sites excluding steroid dienone is 1. The molecule has 1 heterocycles. The molecule has 3 unspecified atom stereocenters. The Morgan fingerprint density at radius 1 is 1.00 bits per heavy atom. The van der Waals surface area contributed by atoms with E-state index in [-0.39, 0.29) is 17.6 Å². The Morgan fingerprint density at radius 2 is 1.69 bits per heavy atom. The number of carbonyl (C=O) groups is 2. The molecule has 178 valence electrons. The summed E-state index contributed by atoms with van der Waals surface area (Å²) >= 11 is 0. The number of carbonyl (C=O) groups excluding carboxylic acids is 2. The lowest BCUT2D eigenvalue weighted by atomic mass is 9.76. The Balaban J connectivity index is 1.68. The minimum Gasteiger partial charge on any atom is -0.497 e. The first-order chi connectivity index (χ1) is 17.0. The monoisotopic (exact) mass is 466 g/mol. The third kappa shape index (κ3) is 4.23. The second-order valence-corrected chi connectivity index (χ2v) is 9.26. The van der Waals surface area contributed by atoms with Gasteiger partial charge >= 0.3 is 0 Å². The molecule has 0 saturated heterocycles. The molecular weight excluding hydrogens is 436 g/mol. The van der Waals surface area contributed by atoms with E-state index in [2.05, 4.69) is 11.4 Å². The van der Waals surface area contributed by atoms with E-state index < -0.39 is 12.0 Å². The van der Waals surface area contributed by atoms with Crippen molar-refractivity contribution in [1.82, 2.24) is 0 Å². The summed E-state index contributed by atoms with van der Waals surface area (Å²) in [4.78, 5) is 29.2. The number of benzene rings is 3. The molecule has 0 bridgehead atoms. The van der Waals surface area contributed by atoms with Crippen molar-refractivity contribution in [3.05, 3.63) is 101 Å². The summed E-state index contributed by atoms with van der Waals surface area (Å²) < 4.78 is 5.30. The number of nitrogens with zero attached hydrogens (tertiary/aromatic N) is 1. The highest BCUT2D eigenvalue weighted by Crippen LogP contribution is 2.48. The van der Waals surface area contributed by atoms with Gasteiger partial charge in [-0.3, -0.25) is 9.59 Å². The zero-order chi connectivity index (χ0) is 24.5. The lowest BCUT2D eigenvalue weighted by molar-refractivity contribution is -0.123. The van der Waals surface area contributed by atoms with E-state index in [1.54, 1.807) is 7.11 Å². The first-order valence-electron chi connectivity index (χ1n) is 12.1. The highest BCUT2D eigenvalue weighted by molar-refractivity contribution is 6.01. The second kappa shape index (κ2) is 9.41. The highest BCUT2D eigenvalue weighted by Gasteiger charge is 2.44. The molecule has 1 N–H and O–H groups in total. The van der Waals surface area contributed by atoms with Gasteiger partial charge in [0.1, 0.15) is 11.5 Å². The van der Waals surface area contributed by atoms with Crippen molar-refractivity contribution < 1.29 is 14.3 Å². The van der Waals surface area contributed by atoms with Gasteiger partial charge < -0.3 is 15.0 Å². The molecule has 3 aromatic rings. The fraction of sp³-hybridized carbons (Fsp3) is 0.267. The predicted molar refractivity (Wildman–Crippen MR) is 139 cm³/mol. The van der Waals surface area contributed by atoms with E-state index in [9.17, 15) is 9.59 Å². The topological polar surface area (TPSA) is 58.6 Å². The first kappa shape index (κ1) is 22.9. The summed E-state index contributed by atoms with van der Waals surface area (Å²) in [6, 6.07) is 23.5. The van der Waals surface area contributed by atoms with E-state index in [1.165, 1.54) is 0 Å². The number of ketones is 1. The number of hydrogen-bond acceptors (Lipinski definition) is 4. The van der Waals surface area contributed by atoms with Crippen molar-refractivity contribution in [2.45, 2.75) is 38.6 Å². The van der Waals surface area contributed by atoms with Gasteiger partial charge in [0.05, 0.1) is 30.4 Å². The average Bonchev–Trinajstić information content (AvgIpc) is 3.03. The number of nitrogens with one attached hydrogen (secondary N) is 1.